The molecule has 0 bridgehead atoms. The van der Waals surface area contributed by atoms with Gasteiger partial charge in [0.15, 0.2) is 0 Å². The maximum Gasteiger partial charge on any atom is 0.501 e. The lowest BCUT2D eigenvalue weighted by Gasteiger charge is -2.29. The predicted octanol–water partition coefficient (Wildman–Crippen LogP) is 2.28. The summed E-state index contributed by atoms with van der Waals surface area (Å²) in [6.07, 6.45) is 2.50. The molecule has 0 saturated heterocycles. The number of alkyl halides is 3. The highest BCUT2D eigenvalue weighted by Gasteiger charge is 2.46. The summed E-state index contributed by atoms with van der Waals surface area (Å²) in [6, 6.07) is 4.78. The van der Waals surface area contributed by atoms with Crippen molar-refractivity contribution in [1.82, 2.24) is 9.55 Å². The molecule has 1 aromatic heterocycles. The van der Waals surface area contributed by atoms with E-state index in [4.69, 9.17) is 0 Å². The Hall–Kier alpha value is -2.03. The number of aryl methyl sites for hydroxylation is 1. The molecular formula is C14H14F3N3O2S. The van der Waals surface area contributed by atoms with Gasteiger partial charge >= 0.3 is 5.51 Å². The van der Waals surface area contributed by atoms with Gasteiger partial charge in [0.25, 0.3) is 9.84 Å². The minimum atomic E-state index is -5.30. The molecule has 0 saturated carbocycles. The first-order valence-electron chi connectivity index (χ1n) is 6.85. The van der Waals surface area contributed by atoms with E-state index >= 15 is 0 Å². The normalized spacial score (nSPS) is 15.6. The summed E-state index contributed by atoms with van der Waals surface area (Å²) in [5.74, 6) is 0. The van der Waals surface area contributed by atoms with Crippen LogP contribution in [0.15, 0.2) is 35.5 Å². The Labute approximate surface area is 131 Å². The van der Waals surface area contributed by atoms with Crippen molar-refractivity contribution >= 4 is 15.5 Å². The van der Waals surface area contributed by atoms with E-state index in [1.807, 2.05) is 16.5 Å². The SMILES string of the molecule is Cn1cnc2c1CCN(c1ccc(S(=O)(=O)C(F)(F)F)cc1)C2. The Morgan fingerprint density at radius 3 is 2.43 bits per heavy atom. The fraction of sp³-hybridized carbons (Fsp3) is 0.357. The summed E-state index contributed by atoms with van der Waals surface area (Å²) in [4.78, 5) is 5.51. The van der Waals surface area contributed by atoms with Crippen molar-refractivity contribution in [2.75, 3.05) is 11.4 Å². The van der Waals surface area contributed by atoms with Gasteiger partial charge in [-0.2, -0.15) is 13.2 Å². The monoisotopic (exact) mass is 345 g/mol. The minimum absolute atomic E-state index is 0.543. The fourth-order valence-corrected chi connectivity index (χ4v) is 3.41. The van der Waals surface area contributed by atoms with Crippen molar-refractivity contribution in [3.63, 3.8) is 0 Å². The van der Waals surface area contributed by atoms with E-state index in [0.29, 0.717) is 18.8 Å². The van der Waals surface area contributed by atoms with Crippen LogP contribution in [-0.2, 0) is 29.9 Å². The first-order chi connectivity index (χ1) is 10.7. The van der Waals surface area contributed by atoms with Crippen LogP contribution in [0.3, 0.4) is 0 Å². The number of hydrogen-bond donors (Lipinski definition) is 0. The zero-order valence-corrected chi connectivity index (χ0v) is 13.0. The number of rotatable bonds is 2. The molecule has 23 heavy (non-hydrogen) atoms. The van der Waals surface area contributed by atoms with E-state index < -0.39 is 20.2 Å². The topological polar surface area (TPSA) is 55.2 Å². The molecule has 0 N–H and O–H groups in total. The van der Waals surface area contributed by atoms with E-state index in [-0.39, 0.29) is 0 Å². The zero-order valence-electron chi connectivity index (χ0n) is 12.2. The Morgan fingerprint density at radius 1 is 1.17 bits per heavy atom. The second-order valence-electron chi connectivity index (χ2n) is 5.36. The van der Waals surface area contributed by atoms with Crippen molar-refractivity contribution in [3.8, 4) is 0 Å². The average Bonchev–Trinajstić information content (AvgIpc) is 2.87. The van der Waals surface area contributed by atoms with Gasteiger partial charge in [-0.1, -0.05) is 0 Å². The lowest BCUT2D eigenvalue weighted by Crippen LogP contribution is -2.31. The molecule has 0 spiro atoms. The lowest BCUT2D eigenvalue weighted by molar-refractivity contribution is -0.0436. The molecule has 2 aromatic rings. The number of sulfone groups is 1. The minimum Gasteiger partial charge on any atom is -0.365 e. The average molecular weight is 345 g/mol. The molecule has 0 aliphatic carbocycles. The third kappa shape index (κ3) is 2.69. The summed E-state index contributed by atoms with van der Waals surface area (Å²) < 4.78 is 62.3. The van der Waals surface area contributed by atoms with Gasteiger partial charge in [0.05, 0.1) is 23.5 Å². The second kappa shape index (κ2) is 5.26. The zero-order chi connectivity index (χ0) is 16.8. The van der Waals surface area contributed by atoms with Crippen LogP contribution >= 0.6 is 0 Å². The number of halogens is 3. The Balaban J connectivity index is 1.84. The van der Waals surface area contributed by atoms with Crippen molar-refractivity contribution in [3.05, 3.63) is 42.0 Å². The molecule has 1 aliphatic rings. The highest BCUT2D eigenvalue weighted by molar-refractivity contribution is 7.92. The molecule has 124 valence electrons. The van der Waals surface area contributed by atoms with Crippen molar-refractivity contribution in [2.45, 2.75) is 23.4 Å². The third-order valence-corrected chi connectivity index (χ3v) is 5.42. The Bertz CT molecular complexity index is 826. The third-order valence-electron chi connectivity index (χ3n) is 3.92. The molecular weight excluding hydrogens is 331 g/mol. The maximum atomic E-state index is 12.5. The fourth-order valence-electron chi connectivity index (χ4n) is 2.65. The Kier molecular flexibility index (Phi) is 3.62. The van der Waals surface area contributed by atoms with Gasteiger partial charge < -0.3 is 9.47 Å². The highest BCUT2D eigenvalue weighted by Crippen LogP contribution is 2.32. The van der Waals surface area contributed by atoms with Crippen LogP contribution in [0.25, 0.3) is 0 Å². The molecule has 0 atom stereocenters. The van der Waals surface area contributed by atoms with Gasteiger partial charge in [-0.05, 0) is 24.3 Å². The first-order valence-corrected chi connectivity index (χ1v) is 8.34. The summed E-state index contributed by atoms with van der Waals surface area (Å²) in [6.45, 7) is 1.24. The van der Waals surface area contributed by atoms with Crippen molar-refractivity contribution < 1.29 is 21.6 Å². The number of fused-ring (bicyclic) bond motifs is 1. The molecule has 3 rings (SSSR count). The second-order valence-corrected chi connectivity index (χ2v) is 7.30. The molecule has 0 unspecified atom stereocenters. The number of imidazole rings is 1. The first kappa shape index (κ1) is 15.9. The molecule has 9 heteroatoms. The van der Waals surface area contributed by atoms with Gasteiger partial charge in [0.2, 0.25) is 0 Å². The lowest BCUT2D eigenvalue weighted by atomic mass is 10.1. The van der Waals surface area contributed by atoms with Crippen LogP contribution < -0.4 is 4.90 Å². The van der Waals surface area contributed by atoms with E-state index in [1.165, 1.54) is 12.1 Å². The van der Waals surface area contributed by atoms with E-state index in [1.54, 1.807) is 6.33 Å². The van der Waals surface area contributed by atoms with Crippen LogP contribution in [0.1, 0.15) is 11.4 Å². The van der Waals surface area contributed by atoms with Gasteiger partial charge in [0, 0.05) is 31.4 Å². The molecule has 0 radical (unpaired) electrons. The summed E-state index contributed by atoms with van der Waals surface area (Å²) in [7, 11) is -3.39. The molecule has 2 heterocycles. The van der Waals surface area contributed by atoms with Crippen LogP contribution in [0.5, 0.6) is 0 Å². The molecule has 1 aliphatic heterocycles. The molecule has 0 amide bonds. The number of hydrogen-bond acceptors (Lipinski definition) is 4. The van der Waals surface area contributed by atoms with Crippen LogP contribution in [0, 0.1) is 0 Å². The summed E-state index contributed by atoms with van der Waals surface area (Å²) >= 11 is 0. The van der Waals surface area contributed by atoms with E-state index in [9.17, 15) is 21.6 Å². The standard InChI is InChI=1S/C14H14F3N3O2S/c1-19-9-18-12-8-20(7-6-13(12)19)10-2-4-11(5-3-10)23(21,22)14(15,16)17/h2-5,9H,6-8H2,1H3. The molecule has 1 aromatic carbocycles. The van der Waals surface area contributed by atoms with Crippen molar-refractivity contribution in [1.29, 1.82) is 0 Å². The Morgan fingerprint density at radius 2 is 1.83 bits per heavy atom. The summed E-state index contributed by atoms with van der Waals surface area (Å²) in [5, 5.41) is 0. The number of benzene rings is 1. The van der Waals surface area contributed by atoms with Crippen LogP contribution in [-0.4, -0.2) is 30.0 Å². The predicted molar refractivity (Wildman–Crippen MR) is 77.6 cm³/mol. The molecule has 5 nitrogen and oxygen atoms in total. The van der Waals surface area contributed by atoms with Gasteiger partial charge in [0.1, 0.15) is 0 Å². The van der Waals surface area contributed by atoms with Crippen LogP contribution in [0.2, 0.25) is 0 Å². The number of aromatic nitrogens is 2. The highest BCUT2D eigenvalue weighted by atomic mass is 32.2. The largest absolute Gasteiger partial charge is 0.501 e. The van der Waals surface area contributed by atoms with Gasteiger partial charge in [-0.3, -0.25) is 0 Å². The maximum absolute atomic E-state index is 12.5. The molecule has 0 fully saturated rings. The summed E-state index contributed by atoms with van der Waals surface area (Å²) in [5.41, 5.74) is -2.56. The number of nitrogens with zero attached hydrogens (tertiary/aromatic N) is 3. The quantitative estimate of drug-likeness (QED) is 0.838. The van der Waals surface area contributed by atoms with Gasteiger partial charge in [-0.15, -0.1) is 0 Å². The van der Waals surface area contributed by atoms with Crippen LogP contribution in [0.4, 0.5) is 18.9 Å². The van der Waals surface area contributed by atoms with Gasteiger partial charge in [-0.25, -0.2) is 13.4 Å². The number of anilines is 1. The van der Waals surface area contributed by atoms with E-state index in [0.717, 1.165) is 29.9 Å². The smallest absolute Gasteiger partial charge is 0.365 e. The van der Waals surface area contributed by atoms with E-state index in [2.05, 4.69) is 4.98 Å². The van der Waals surface area contributed by atoms with Crippen molar-refractivity contribution in [2.24, 2.45) is 7.05 Å².